The van der Waals surface area contributed by atoms with Gasteiger partial charge in [-0.1, -0.05) is 22.6 Å². The van der Waals surface area contributed by atoms with Crippen molar-refractivity contribution in [2.75, 3.05) is 17.5 Å². The molecule has 1 aliphatic rings. The number of nitrogens with zero attached hydrogens (tertiary/aromatic N) is 1. The molecule has 0 aromatic rings. The SMILES string of the molecule is N=CN1C[C@@H](CI)[C@@H](CC(F)(F)C(F)(F)C(F)(F)C(F)(F)F)C1. The van der Waals surface area contributed by atoms with Crippen LogP contribution in [0.1, 0.15) is 6.42 Å². The Morgan fingerprint density at radius 3 is 1.78 bits per heavy atom. The smallest absolute Gasteiger partial charge is 0.363 e. The van der Waals surface area contributed by atoms with Gasteiger partial charge in [0.05, 0.1) is 6.34 Å². The quantitative estimate of drug-likeness (QED) is 0.201. The molecule has 0 aliphatic carbocycles. The number of nitrogens with one attached hydrogen (secondary N) is 1. The van der Waals surface area contributed by atoms with E-state index in [1.54, 1.807) is 22.6 Å². The summed E-state index contributed by atoms with van der Waals surface area (Å²) in [6, 6.07) is 0. The highest BCUT2D eigenvalue weighted by atomic mass is 127. The summed E-state index contributed by atoms with van der Waals surface area (Å²) in [7, 11) is 0. The molecule has 0 aromatic heterocycles. The largest absolute Gasteiger partial charge is 0.460 e. The van der Waals surface area contributed by atoms with E-state index < -0.39 is 42.2 Å². The molecule has 1 fully saturated rings. The van der Waals surface area contributed by atoms with E-state index >= 15 is 0 Å². The predicted octanol–water partition coefficient (Wildman–Crippen LogP) is 4.43. The first-order chi connectivity index (χ1) is 10.2. The molecule has 1 heterocycles. The number of alkyl halides is 10. The number of halogens is 10. The highest BCUT2D eigenvalue weighted by molar-refractivity contribution is 14.1. The second-order valence-electron chi connectivity index (χ2n) is 5.31. The second kappa shape index (κ2) is 6.47. The summed E-state index contributed by atoms with van der Waals surface area (Å²) in [4.78, 5) is 1.21. The molecule has 0 bridgehead atoms. The topological polar surface area (TPSA) is 27.1 Å². The molecule has 0 spiro atoms. The molecule has 1 aliphatic heterocycles. The molecule has 12 heteroatoms. The maximum Gasteiger partial charge on any atom is 0.460 e. The Kier molecular flexibility index (Phi) is 5.80. The molecule has 2 atom stereocenters. The third-order valence-electron chi connectivity index (χ3n) is 3.71. The average Bonchev–Trinajstić information content (AvgIpc) is 2.78. The van der Waals surface area contributed by atoms with Crippen LogP contribution in [-0.4, -0.2) is 52.7 Å². The van der Waals surface area contributed by atoms with E-state index in [-0.39, 0.29) is 17.5 Å². The van der Waals surface area contributed by atoms with Gasteiger partial charge in [0.1, 0.15) is 0 Å². The van der Waals surface area contributed by atoms with Gasteiger partial charge in [-0.05, 0) is 11.8 Å². The first-order valence-electron chi connectivity index (χ1n) is 6.22. The summed E-state index contributed by atoms with van der Waals surface area (Å²) in [6.07, 6.45) is -7.83. The minimum absolute atomic E-state index is 0.0778. The summed E-state index contributed by atoms with van der Waals surface area (Å²) in [5, 5.41) is 6.98. The molecule has 2 nitrogen and oxygen atoms in total. The summed E-state index contributed by atoms with van der Waals surface area (Å²) >= 11 is 1.77. The highest BCUT2D eigenvalue weighted by Gasteiger charge is 2.81. The van der Waals surface area contributed by atoms with Crippen molar-refractivity contribution < 1.29 is 39.5 Å². The van der Waals surface area contributed by atoms with E-state index in [2.05, 4.69) is 0 Å². The zero-order valence-corrected chi connectivity index (χ0v) is 13.4. The van der Waals surface area contributed by atoms with E-state index in [1.807, 2.05) is 0 Å². The average molecular weight is 470 g/mol. The molecule has 23 heavy (non-hydrogen) atoms. The van der Waals surface area contributed by atoms with E-state index in [9.17, 15) is 39.5 Å². The highest BCUT2D eigenvalue weighted by Crippen LogP contribution is 2.55. The zero-order chi connectivity index (χ0) is 18.3. The van der Waals surface area contributed by atoms with Crippen molar-refractivity contribution in [1.82, 2.24) is 4.90 Å². The Bertz CT molecular complexity index is 438. The van der Waals surface area contributed by atoms with Gasteiger partial charge in [-0.15, -0.1) is 0 Å². The molecule has 0 aromatic carbocycles. The predicted molar refractivity (Wildman–Crippen MR) is 71.7 cm³/mol. The van der Waals surface area contributed by atoms with E-state index in [1.165, 1.54) is 4.90 Å². The van der Waals surface area contributed by atoms with Gasteiger partial charge in [0.2, 0.25) is 0 Å². The van der Waals surface area contributed by atoms with Gasteiger partial charge >= 0.3 is 23.9 Å². The van der Waals surface area contributed by atoms with Gasteiger partial charge in [0, 0.05) is 23.9 Å². The number of hydrogen-bond donors (Lipinski definition) is 1. The molecule has 136 valence electrons. The molecule has 1 N–H and O–H groups in total. The van der Waals surface area contributed by atoms with Crippen LogP contribution in [-0.2, 0) is 0 Å². The lowest BCUT2D eigenvalue weighted by Crippen LogP contribution is -2.61. The summed E-state index contributed by atoms with van der Waals surface area (Å²) in [5.41, 5.74) is 0. The maximum atomic E-state index is 13.6. The normalized spacial score (nSPS) is 24.2. The molecule has 0 radical (unpaired) electrons. The van der Waals surface area contributed by atoms with Crippen LogP contribution in [0.2, 0.25) is 0 Å². The summed E-state index contributed by atoms with van der Waals surface area (Å²) < 4.78 is 116. The number of hydrogen-bond acceptors (Lipinski definition) is 1. The van der Waals surface area contributed by atoms with Crippen molar-refractivity contribution in [3.8, 4) is 0 Å². The van der Waals surface area contributed by atoms with Crippen LogP contribution in [0.15, 0.2) is 0 Å². The third-order valence-corrected chi connectivity index (χ3v) is 4.85. The Hall–Kier alpha value is -0.430. The summed E-state index contributed by atoms with van der Waals surface area (Å²) in [5.74, 6) is -20.8. The van der Waals surface area contributed by atoms with Crippen LogP contribution in [0.5, 0.6) is 0 Å². The minimum Gasteiger partial charge on any atom is -0.363 e. The Morgan fingerprint density at radius 1 is 0.913 bits per heavy atom. The Balaban J connectivity index is 3.03. The van der Waals surface area contributed by atoms with E-state index in [0.717, 1.165) is 6.34 Å². The zero-order valence-electron chi connectivity index (χ0n) is 11.3. The lowest BCUT2D eigenvalue weighted by Gasteiger charge is -2.35. The van der Waals surface area contributed by atoms with Crippen LogP contribution < -0.4 is 0 Å². The Morgan fingerprint density at radius 2 is 1.39 bits per heavy atom. The lowest BCUT2D eigenvalue weighted by molar-refractivity contribution is -0.397. The molecular weight excluding hydrogens is 458 g/mol. The van der Waals surface area contributed by atoms with Gasteiger partial charge in [0.15, 0.2) is 0 Å². The van der Waals surface area contributed by atoms with E-state index in [4.69, 9.17) is 5.41 Å². The standard InChI is InChI=1S/C11H12F9IN2/c12-8(13,9(14,15)10(16,17)11(18,19)20)1-6-3-23(5-22)4-7(6)2-21/h5-7,22H,1-4H2/t6-,7+/m0/s1. The van der Waals surface area contributed by atoms with Gasteiger partial charge in [-0.25, -0.2) is 0 Å². The van der Waals surface area contributed by atoms with Crippen LogP contribution in [0.4, 0.5) is 39.5 Å². The lowest BCUT2D eigenvalue weighted by atomic mass is 9.88. The first kappa shape index (κ1) is 20.6. The maximum absolute atomic E-state index is 13.6. The number of likely N-dealkylation sites (tertiary alicyclic amines) is 1. The van der Waals surface area contributed by atoms with Crippen LogP contribution in [0, 0.1) is 17.2 Å². The van der Waals surface area contributed by atoms with Crippen molar-refractivity contribution in [1.29, 1.82) is 5.41 Å². The molecule has 0 unspecified atom stereocenters. The van der Waals surface area contributed by atoms with Gasteiger partial charge < -0.3 is 4.90 Å². The fraction of sp³-hybridized carbons (Fsp3) is 0.909. The monoisotopic (exact) mass is 470 g/mol. The molecule has 1 rings (SSSR count). The van der Waals surface area contributed by atoms with Crippen LogP contribution in [0.3, 0.4) is 0 Å². The number of rotatable bonds is 6. The third kappa shape index (κ3) is 3.65. The van der Waals surface area contributed by atoms with E-state index in [0.29, 0.717) is 0 Å². The summed E-state index contributed by atoms with van der Waals surface area (Å²) in [6.45, 7) is -0.200. The first-order valence-corrected chi connectivity index (χ1v) is 7.74. The van der Waals surface area contributed by atoms with Crippen molar-refractivity contribution in [2.45, 2.75) is 30.4 Å². The van der Waals surface area contributed by atoms with Crippen LogP contribution in [0.25, 0.3) is 0 Å². The van der Waals surface area contributed by atoms with Crippen molar-refractivity contribution in [2.24, 2.45) is 11.8 Å². The van der Waals surface area contributed by atoms with Crippen molar-refractivity contribution >= 4 is 28.9 Å². The fourth-order valence-corrected chi connectivity index (χ4v) is 3.35. The fourth-order valence-electron chi connectivity index (χ4n) is 2.35. The van der Waals surface area contributed by atoms with Crippen molar-refractivity contribution in [3.63, 3.8) is 0 Å². The van der Waals surface area contributed by atoms with Gasteiger partial charge in [-0.2, -0.15) is 39.5 Å². The minimum atomic E-state index is -6.84. The molecular formula is C11H12F9IN2. The van der Waals surface area contributed by atoms with Gasteiger partial charge in [0.25, 0.3) is 0 Å². The molecule has 0 amide bonds. The second-order valence-corrected chi connectivity index (χ2v) is 6.19. The van der Waals surface area contributed by atoms with Crippen molar-refractivity contribution in [3.05, 3.63) is 0 Å². The molecule has 0 saturated carbocycles. The Labute approximate surface area is 139 Å². The van der Waals surface area contributed by atoms with Gasteiger partial charge in [-0.3, -0.25) is 5.41 Å². The molecule has 1 saturated heterocycles. The van der Waals surface area contributed by atoms with Crippen LogP contribution >= 0.6 is 22.6 Å².